The van der Waals surface area contributed by atoms with Gasteiger partial charge in [0.05, 0.1) is 6.04 Å². The van der Waals surface area contributed by atoms with Crippen molar-refractivity contribution >= 4 is 28.7 Å². The second-order valence-electron chi connectivity index (χ2n) is 7.12. The van der Waals surface area contributed by atoms with Crippen molar-refractivity contribution < 1.29 is 19.5 Å². The summed E-state index contributed by atoms with van der Waals surface area (Å²) < 4.78 is 0. The number of aliphatic carboxylic acids is 1. The van der Waals surface area contributed by atoms with Gasteiger partial charge < -0.3 is 26.5 Å². The number of H-pyrrole nitrogens is 1. The molecular weight excluding hydrogens is 360 g/mol. The molecule has 0 bridgehead atoms. The van der Waals surface area contributed by atoms with E-state index in [9.17, 15) is 19.5 Å². The van der Waals surface area contributed by atoms with Crippen LogP contribution in [-0.4, -0.2) is 46.0 Å². The van der Waals surface area contributed by atoms with Crippen LogP contribution in [0.2, 0.25) is 0 Å². The van der Waals surface area contributed by atoms with Crippen LogP contribution in [0.4, 0.5) is 0 Å². The number of nitrogens with one attached hydrogen (secondary N) is 3. The van der Waals surface area contributed by atoms with Gasteiger partial charge in [0.15, 0.2) is 0 Å². The fraction of sp³-hybridized carbons (Fsp3) is 0.450. The van der Waals surface area contributed by atoms with Crippen molar-refractivity contribution in [3.8, 4) is 0 Å². The fourth-order valence-corrected chi connectivity index (χ4v) is 2.97. The summed E-state index contributed by atoms with van der Waals surface area (Å²) in [5.74, 6) is -2.38. The largest absolute Gasteiger partial charge is 0.480 e. The van der Waals surface area contributed by atoms with E-state index in [0.717, 1.165) is 16.5 Å². The molecule has 2 rings (SSSR count). The number of aromatic nitrogens is 1. The van der Waals surface area contributed by atoms with Crippen molar-refractivity contribution in [2.75, 3.05) is 0 Å². The monoisotopic (exact) mass is 388 g/mol. The van der Waals surface area contributed by atoms with Gasteiger partial charge in [-0.1, -0.05) is 38.5 Å². The molecule has 1 aromatic heterocycles. The first-order valence-corrected chi connectivity index (χ1v) is 9.38. The number of carboxylic acid groups (broad SMARTS) is 1. The lowest BCUT2D eigenvalue weighted by atomic mass is 9.98. The van der Waals surface area contributed by atoms with Crippen LogP contribution in [0.1, 0.15) is 32.8 Å². The first kappa shape index (κ1) is 21.4. The second-order valence-corrected chi connectivity index (χ2v) is 7.12. The lowest BCUT2D eigenvalue weighted by Crippen LogP contribution is -2.56. The first-order chi connectivity index (χ1) is 13.2. The van der Waals surface area contributed by atoms with E-state index < -0.39 is 35.9 Å². The summed E-state index contributed by atoms with van der Waals surface area (Å²) in [4.78, 5) is 39.7. The molecule has 0 radical (unpaired) electrons. The zero-order valence-corrected chi connectivity index (χ0v) is 16.4. The molecule has 2 amide bonds. The van der Waals surface area contributed by atoms with Crippen LogP contribution in [0, 0.1) is 5.92 Å². The van der Waals surface area contributed by atoms with Crippen LogP contribution < -0.4 is 16.4 Å². The van der Waals surface area contributed by atoms with E-state index in [1.54, 1.807) is 13.1 Å². The van der Waals surface area contributed by atoms with Crippen LogP contribution in [0.25, 0.3) is 10.9 Å². The van der Waals surface area contributed by atoms with Gasteiger partial charge in [0.2, 0.25) is 11.8 Å². The van der Waals surface area contributed by atoms with Crippen LogP contribution >= 0.6 is 0 Å². The number of amides is 2. The zero-order chi connectivity index (χ0) is 20.8. The Kier molecular flexibility index (Phi) is 7.17. The molecule has 2 aromatic rings. The summed E-state index contributed by atoms with van der Waals surface area (Å²) in [5, 5.41) is 15.6. The molecule has 1 aromatic carbocycles. The molecule has 0 unspecified atom stereocenters. The lowest BCUT2D eigenvalue weighted by molar-refractivity contribution is -0.143. The Morgan fingerprint density at radius 1 is 1.14 bits per heavy atom. The molecule has 8 nitrogen and oxygen atoms in total. The molecule has 0 saturated carbocycles. The molecule has 0 fully saturated rings. The zero-order valence-electron chi connectivity index (χ0n) is 16.4. The molecule has 1 heterocycles. The van der Waals surface area contributed by atoms with Crippen molar-refractivity contribution in [2.45, 2.75) is 51.7 Å². The van der Waals surface area contributed by atoms with E-state index in [-0.39, 0.29) is 12.3 Å². The number of carbonyl (C=O) groups is 3. The number of benzene rings is 1. The second kappa shape index (κ2) is 9.36. The van der Waals surface area contributed by atoms with E-state index in [1.165, 1.54) is 6.92 Å². The average molecular weight is 388 g/mol. The highest BCUT2D eigenvalue weighted by molar-refractivity contribution is 5.92. The van der Waals surface area contributed by atoms with Gasteiger partial charge in [-0.3, -0.25) is 9.59 Å². The Hall–Kier alpha value is -2.87. The molecule has 0 aliphatic heterocycles. The smallest absolute Gasteiger partial charge is 0.326 e. The summed E-state index contributed by atoms with van der Waals surface area (Å²) in [6.45, 7) is 5.14. The number of hydrogen-bond donors (Lipinski definition) is 5. The van der Waals surface area contributed by atoms with Crippen LogP contribution in [0.5, 0.6) is 0 Å². The Morgan fingerprint density at radius 3 is 2.43 bits per heavy atom. The summed E-state index contributed by atoms with van der Waals surface area (Å²) >= 11 is 0. The third-order valence-electron chi connectivity index (χ3n) is 4.92. The van der Waals surface area contributed by atoms with E-state index >= 15 is 0 Å². The molecule has 0 aliphatic rings. The molecule has 152 valence electrons. The van der Waals surface area contributed by atoms with Gasteiger partial charge >= 0.3 is 5.97 Å². The summed E-state index contributed by atoms with van der Waals surface area (Å²) in [5.41, 5.74) is 7.38. The molecule has 0 spiro atoms. The van der Waals surface area contributed by atoms with Crippen LogP contribution in [0.15, 0.2) is 30.5 Å². The van der Waals surface area contributed by atoms with Gasteiger partial charge in [-0.25, -0.2) is 4.79 Å². The highest BCUT2D eigenvalue weighted by Gasteiger charge is 2.30. The molecule has 8 heteroatoms. The van der Waals surface area contributed by atoms with Crippen molar-refractivity contribution in [3.63, 3.8) is 0 Å². The highest BCUT2D eigenvalue weighted by Crippen LogP contribution is 2.19. The Labute approximate surface area is 163 Å². The van der Waals surface area contributed by atoms with E-state index in [2.05, 4.69) is 15.6 Å². The third kappa shape index (κ3) is 5.10. The average Bonchev–Trinajstić information content (AvgIpc) is 3.07. The summed E-state index contributed by atoms with van der Waals surface area (Å²) in [6.07, 6.45) is 2.59. The molecule has 0 aliphatic carbocycles. The molecule has 28 heavy (non-hydrogen) atoms. The Balaban J connectivity index is 2.26. The van der Waals surface area contributed by atoms with Crippen LogP contribution in [-0.2, 0) is 20.8 Å². The number of nitrogens with two attached hydrogens (primary N) is 1. The number of para-hydroxylation sites is 1. The van der Waals surface area contributed by atoms with Crippen molar-refractivity contribution in [1.29, 1.82) is 0 Å². The number of aromatic amines is 1. The van der Waals surface area contributed by atoms with Gasteiger partial charge in [-0.15, -0.1) is 0 Å². The number of rotatable bonds is 9. The standard InChI is InChI=1S/C20H28N4O4/c1-4-11(2)17(20(27)28)24-19(26)16(23-18(25)12(3)21)9-13-10-22-15-8-6-5-7-14(13)15/h5-8,10-12,16-17,22H,4,9,21H2,1-3H3,(H,23,25)(H,24,26)(H,27,28)/t11-,12-,16-,17-/m0/s1. The first-order valence-electron chi connectivity index (χ1n) is 9.38. The van der Waals surface area contributed by atoms with Crippen molar-refractivity contribution in [1.82, 2.24) is 15.6 Å². The summed E-state index contributed by atoms with van der Waals surface area (Å²) in [6, 6.07) is 4.86. The minimum Gasteiger partial charge on any atom is -0.480 e. The maximum Gasteiger partial charge on any atom is 0.326 e. The van der Waals surface area contributed by atoms with Crippen molar-refractivity contribution in [2.24, 2.45) is 11.7 Å². The lowest BCUT2D eigenvalue weighted by Gasteiger charge is -2.24. The van der Waals surface area contributed by atoms with E-state index in [0.29, 0.717) is 6.42 Å². The number of carbonyl (C=O) groups excluding carboxylic acids is 2. The van der Waals surface area contributed by atoms with Gasteiger partial charge in [-0.2, -0.15) is 0 Å². The fourth-order valence-electron chi connectivity index (χ4n) is 2.97. The van der Waals surface area contributed by atoms with E-state index in [4.69, 9.17) is 5.73 Å². The maximum absolute atomic E-state index is 12.9. The van der Waals surface area contributed by atoms with Gasteiger partial charge in [0.25, 0.3) is 0 Å². The van der Waals surface area contributed by atoms with Crippen molar-refractivity contribution in [3.05, 3.63) is 36.0 Å². The maximum atomic E-state index is 12.9. The number of carboxylic acids is 1. The SMILES string of the molecule is CC[C@H](C)[C@H](NC(=O)[C@H](Cc1c[nH]c2ccccc12)NC(=O)[C@H](C)N)C(=O)O. The predicted octanol–water partition coefficient (Wildman–Crippen LogP) is 1.16. The minimum absolute atomic E-state index is 0.209. The normalized spacial score (nSPS) is 15.4. The predicted molar refractivity (Wildman–Crippen MR) is 107 cm³/mol. The van der Waals surface area contributed by atoms with Gasteiger partial charge in [0, 0.05) is 23.5 Å². The topological polar surface area (TPSA) is 137 Å². The Morgan fingerprint density at radius 2 is 1.82 bits per heavy atom. The number of fused-ring (bicyclic) bond motifs is 1. The molecule has 0 saturated heterocycles. The minimum atomic E-state index is -1.10. The molecule has 4 atom stereocenters. The van der Waals surface area contributed by atoms with Gasteiger partial charge in [-0.05, 0) is 24.5 Å². The quantitative estimate of drug-likeness (QED) is 0.439. The molecular formula is C20H28N4O4. The van der Waals surface area contributed by atoms with E-state index in [1.807, 2.05) is 31.2 Å². The van der Waals surface area contributed by atoms with Crippen LogP contribution in [0.3, 0.4) is 0 Å². The molecule has 6 N–H and O–H groups in total. The third-order valence-corrected chi connectivity index (χ3v) is 4.92. The highest BCUT2D eigenvalue weighted by atomic mass is 16.4. The number of hydrogen-bond acceptors (Lipinski definition) is 4. The van der Waals surface area contributed by atoms with Gasteiger partial charge in [0.1, 0.15) is 12.1 Å². The Bertz CT molecular complexity index is 846. The summed E-state index contributed by atoms with van der Waals surface area (Å²) in [7, 11) is 0.